The Balaban J connectivity index is 1.57. The minimum absolute atomic E-state index is 0.0929. The van der Waals surface area contributed by atoms with Crippen LogP contribution in [0, 0.1) is 0 Å². The Hall–Kier alpha value is -2.42. The molecule has 28 heavy (non-hydrogen) atoms. The van der Waals surface area contributed by atoms with Crippen molar-refractivity contribution in [2.24, 2.45) is 5.10 Å². The Morgan fingerprint density at radius 1 is 1.18 bits per heavy atom. The van der Waals surface area contributed by atoms with Gasteiger partial charge in [-0.15, -0.1) is 10.2 Å². The number of thioether (sulfide) groups is 1. The molecule has 142 valence electrons. The van der Waals surface area contributed by atoms with Crippen molar-refractivity contribution in [2.75, 3.05) is 11.5 Å². The monoisotopic (exact) mass is 429 g/mol. The van der Waals surface area contributed by atoms with Gasteiger partial charge in [0, 0.05) is 11.4 Å². The highest BCUT2D eigenvalue weighted by Gasteiger charge is 2.33. The molecule has 1 aliphatic heterocycles. The number of benzene rings is 2. The van der Waals surface area contributed by atoms with E-state index >= 15 is 0 Å². The lowest BCUT2D eigenvalue weighted by Crippen LogP contribution is -2.28. The van der Waals surface area contributed by atoms with E-state index in [2.05, 4.69) is 15.3 Å². The molecule has 4 rings (SSSR count). The number of nitrogen functional groups attached to an aromatic ring is 1. The maximum atomic E-state index is 13.0. The molecule has 2 heterocycles. The van der Waals surface area contributed by atoms with Crippen LogP contribution in [-0.4, -0.2) is 32.6 Å². The first-order valence-electron chi connectivity index (χ1n) is 8.52. The first kappa shape index (κ1) is 18.9. The summed E-state index contributed by atoms with van der Waals surface area (Å²) in [5, 5.41) is 15.0. The van der Waals surface area contributed by atoms with Crippen molar-refractivity contribution < 1.29 is 4.79 Å². The van der Waals surface area contributed by atoms with Crippen molar-refractivity contribution in [3.8, 4) is 0 Å². The number of nitrogens with zero attached hydrogens (tertiary/aromatic N) is 4. The van der Waals surface area contributed by atoms with Crippen LogP contribution in [0.3, 0.4) is 0 Å². The highest BCUT2D eigenvalue weighted by atomic mass is 35.5. The minimum Gasteiger partial charge on any atom is -0.374 e. The van der Waals surface area contributed by atoms with E-state index in [-0.39, 0.29) is 17.7 Å². The number of anilines is 1. The minimum atomic E-state index is -0.167. The number of carbonyl (C=O) groups is 1. The van der Waals surface area contributed by atoms with Crippen molar-refractivity contribution in [3.63, 3.8) is 0 Å². The van der Waals surface area contributed by atoms with E-state index in [0.29, 0.717) is 20.9 Å². The number of halogens is 1. The van der Waals surface area contributed by atoms with Crippen LogP contribution in [0.25, 0.3) is 0 Å². The van der Waals surface area contributed by atoms with Gasteiger partial charge in [-0.3, -0.25) is 4.79 Å². The normalized spacial score (nSPS) is 16.2. The molecule has 1 amide bonds. The van der Waals surface area contributed by atoms with Gasteiger partial charge in [0.25, 0.3) is 5.91 Å². The van der Waals surface area contributed by atoms with Gasteiger partial charge >= 0.3 is 0 Å². The molecule has 1 atom stereocenters. The lowest BCUT2D eigenvalue weighted by atomic mass is 9.98. The summed E-state index contributed by atoms with van der Waals surface area (Å²) < 4.78 is 0.667. The lowest BCUT2D eigenvalue weighted by Gasteiger charge is -2.21. The van der Waals surface area contributed by atoms with Gasteiger partial charge < -0.3 is 5.73 Å². The van der Waals surface area contributed by atoms with Gasteiger partial charge in [-0.25, -0.2) is 5.01 Å². The molecule has 0 saturated carbocycles. The molecule has 0 unspecified atom stereocenters. The Labute approximate surface area is 175 Å². The molecule has 0 saturated heterocycles. The van der Waals surface area contributed by atoms with Crippen LogP contribution in [0.4, 0.5) is 5.13 Å². The van der Waals surface area contributed by atoms with Gasteiger partial charge in [0.1, 0.15) is 0 Å². The molecule has 0 fully saturated rings. The maximum Gasteiger partial charge on any atom is 0.253 e. The standard InChI is InChI=1S/C19H16ClN5OS2/c20-14-8-6-13(7-9-14)16-10-15(12-4-2-1-3-5-12)24-25(16)17(26)11-27-19-23-22-18(21)28-19/h1-9,16H,10-11H2,(H2,21,22)/t16-/m1/s1. The molecule has 9 heteroatoms. The fourth-order valence-electron chi connectivity index (χ4n) is 2.96. The van der Waals surface area contributed by atoms with Crippen molar-refractivity contribution in [2.45, 2.75) is 16.8 Å². The number of hydrazone groups is 1. The van der Waals surface area contributed by atoms with Gasteiger partial charge in [0.15, 0.2) is 4.34 Å². The van der Waals surface area contributed by atoms with E-state index in [1.165, 1.54) is 23.1 Å². The van der Waals surface area contributed by atoms with Crippen LogP contribution in [0.2, 0.25) is 5.02 Å². The third-order valence-electron chi connectivity index (χ3n) is 4.27. The second-order valence-electron chi connectivity index (χ2n) is 6.12. The second kappa shape index (κ2) is 8.30. The average molecular weight is 430 g/mol. The quantitative estimate of drug-likeness (QED) is 0.613. The zero-order chi connectivity index (χ0) is 19.5. The lowest BCUT2D eigenvalue weighted by molar-refractivity contribution is -0.130. The number of nitrogens with two attached hydrogens (primary N) is 1. The molecule has 1 aromatic heterocycles. The molecule has 0 radical (unpaired) electrons. The van der Waals surface area contributed by atoms with E-state index in [0.717, 1.165) is 16.8 Å². The molecular weight excluding hydrogens is 414 g/mol. The maximum absolute atomic E-state index is 13.0. The van der Waals surface area contributed by atoms with Crippen LogP contribution in [0.1, 0.15) is 23.6 Å². The van der Waals surface area contributed by atoms with Gasteiger partial charge in [-0.1, -0.05) is 77.2 Å². The predicted molar refractivity (Wildman–Crippen MR) is 114 cm³/mol. The molecule has 2 N–H and O–H groups in total. The van der Waals surface area contributed by atoms with Crippen molar-refractivity contribution in [1.29, 1.82) is 0 Å². The van der Waals surface area contributed by atoms with Crippen LogP contribution < -0.4 is 5.73 Å². The zero-order valence-electron chi connectivity index (χ0n) is 14.7. The second-order valence-corrected chi connectivity index (χ2v) is 8.79. The van der Waals surface area contributed by atoms with E-state index in [1.807, 2.05) is 54.6 Å². The largest absolute Gasteiger partial charge is 0.374 e. The summed E-state index contributed by atoms with van der Waals surface area (Å²) in [6.45, 7) is 0. The zero-order valence-corrected chi connectivity index (χ0v) is 17.0. The fourth-order valence-corrected chi connectivity index (χ4v) is 4.57. The van der Waals surface area contributed by atoms with E-state index in [9.17, 15) is 4.79 Å². The van der Waals surface area contributed by atoms with Crippen LogP contribution in [0.15, 0.2) is 64.0 Å². The predicted octanol–water partition coefficient (Wildman–Crippen LogP) is 4.24. The summed E-state index contributed by atoms with van der Waals surface area (Å²) in [5.41, 5.74) is 8.50. The highest BCUT2D eigenvalue weighted by Crippen LogP contribution is 2.34. The molecule has 2 aromatic carbocycles. The van der Waals surface area contributed by atoms with Gasteiger partial charge in [-0.2, -0.15) is 5.10 Å². The van der Waals surface area contributed by atoms with Crippen molar-refractivity contribution in [1.82, 2.24) is 15.2 Å². The Bertz CT molecular complexity index is 1010. The molecule has 6 nitrogen and oxygen atoms in total. The molecule has 0 spiro atoms. The summed E-state index contributed by atoms with van der Waals surface area (Å²) >= 11 is 8.61. The fraction of sp³-hybridized carbons (Fsp3) is 0.158. The number of hydrogen-bond acceptors (Lipinski definition) is 7. The first-order valence-corrected chi connectivity index (χ1v) is 10.7. The van der Waals surface area contributed by atoms with Crippen LogP contribution in [-0.2, 0) is 4.79 Å². The van der Waals surface area contributed by atoms with E-state index in [1.54, 1.807) is 5.01 Å². The number of rotatable bonds is 5. The highest BCUT2D eigenvalue weighted by molar-refractivity contribution is 8.01. The Morgan fingerprint density at radius 3 is 2.61 bits per heavy atom. The first-order chi connectivity index (χ1) is 13.6. The molecule has 1 aliphatic rings. The van der Waals surface area contributed by atoms with E-state index < -0.39 is 0 Å². The Morgan fingerprint density at radius 2 is 1.93 bits per heavy atom. The third kappa shape index (κ3) is 4.19. The molecule has 0 bridgehead atoms. The molecule has 0 aliphatic carbocycles. The van der Waals surface area contributed by atoms with E-state index in [4.69, 9.17) is 17.3 Å². The van der Waals surface area contributed by atoms with Gasteiger partial charge in [-0.05, 0) is 23.3 Å². The molecule has 3 aromatic rings. The number of carbonyl (C=O) groups excluding carboxylic acids is 1. The topological polar surface area (TPSA) is 84.5 Å². The van der Waals surface area contributed by atoms with Gasteiger partial charge in [0.05, 0.1) is 17.5 Å². The molecular formula is C19H16ClN5OS2. The SMILES string of the molecule is Nc1nnc(SCC(=O)N2N=C(c3ccccc3)C[C@@H]2c2ccc(Cl)cc2)s1. The third-order valence-corrected chi connectivity index (χ3v) is 6.39. The van der Waals surface area contributed by atoms with Gasteiger partial charge in [0.2, 0.25) is 5.13 Å². The van der Waals surface area contributed by atoms with Crippen molar-refractivity contribution in [3.05, 3.63) is 70.7 Å². The Kier molecular flexibility index (Phi) is 5.61. The smallest absolute Gasteiger partial charge is 0.253 e. The summed E-state index contributed by atoms with van der Waals surface area (Å²) in [7, 11) is 0. The summed E-state index contributed by atoms with van der Waals surface area (Å²) in [6, 6.07) is 17.3. The number of amides is 1. The summed E-state index contributed by atoms with van der Waals surface area (Å²) in [6.07, 6.45) is 0.647. The summed E-state index contributed by atoms with van der Waals surface area (Å²) in [5.74, 6) is 0.120. The number of hydrogen-bond donors (Lipinski definition) is 1. The van der Waals surface area contributed by atoms with Crippen molar-refractivity contribution >= 4 is 51.5 Å². The van der Waals surface area contributed by atoms with Crippen LogP contribution in [0.5, 0.6) is 0 Å². The average Bonchev–Trinajstić information content (AvgIpc) is 3.34. The number of aromatic nitrogens is 2. The van der Waals surface area contributed by atoms with Crippen LogP contribution >= 0.6 is 34.7 Å². The summed E-state index contributed by atoms with van der Waals surface area (Å²) in [4.78, 5) is 13.0.